The number of carbonyl (C=O) groups is 1. The monoisotopic (exact) mass is 264 g/mol. The summed E-state index contributed by atoms with van der Waals surface area (Å²) in [7, 11) is 1.66. The molecule has 1 atom stereocenters. The van der Waals surface area contributed by atoms with Gasteiger partial charge in [-0.1, -0.05) is 19.1 Å². The van der Waals surface area contributed by atoms with Gasteiger partial charge >= 0.3 is 0 Å². The van der Waals surface area contributed by atoms with Crippen molar-refractivity contribution in [3.05, 3.63) is 29.3 Å². The molecule has 1 rings (SSSR count). The Morgan fingerprint density at radius 2 is 2.21 bits per heavy atom. The number of carbonyl (C=O) groups excluding carboxylic acids is 1. The maximum absolute atomic E-state index is 11.9. The summed E-state index contributed by atoms with van der Waals surface area (Å²) in [6, 6.07) is 5.97. The average molecular weight is 264 g/mol. The molecule has 3 N–H and O–H groups in total. The van der Waals surface area contributed by atoms with Gasteiger partial charge in [-0.25, -0.2) is 0 Å². The summed E-state index contributed by atoms with van der Waals surface area (Å²) in [6.45, 7) is 5.10. The van der Waals surface area contributed by atoms with E-state index in [9.17, 15) is 4.79 Å². The van der Waals surface area contributed by atoms with Gasteiger partial charge in [0.05, 0.1) is 13.0 Å². The van der Waals surface area contributed by atoms with E-state index in [2.05, 4.69) is 11.4 Å². The normalized spacial score (nSPS) is 12.0. The number of aryl methyl sites for hydroxylation is 1. The number of nitrogens with two attached hydrogens (primary N) is 1. The van der Waals surface area contributed by atoms with E-state index in [4.69, 9.17) is 10.5 Å². The second kappa shape index (κ2) is 7.79. The third-order valence-corrected chi connectivity index (χ3v) is 3.15. The second-order valence-electron chi connectivity index (χ2n) is 4.73. The largest absolute Gasteiger partial charge is 0.496 e. The standard InChI is InChI=1S/C15H24N2O2/c1-4-7-17-15(18)13(10-16)9-12-5-6-14(19-3)11(2)8-12/h5-6,8,13H,4,7,9-10,16H2,1-3H3,(H,17,18). The Hall–Kier alpha value is -1.55. The minimum atomic E-state index is -0.167. The zero-order valence-electron chi connectivity index (χ0n) is 12.0. The maximum Gasteiger partial charge on any atom is 0.224 e. The average Bonchev–Trinajstić information content (AvgIpc) is 2.42. The van der Waals surface area contributed by atoms with Crippen LogP contribution in [0.5, 0.6) is 5.75 Å². The number of ether oxygens (including phenoxy) is 1. The fourth-order valence-corrected chi connectivity index (χ4v) is 2.03. The Morgan fingerprint density at radius 3 is 2.74 bits per heavy atom. The van der Waals surface area contributed by atoms with Crippen LogP contribution in [0.4, 0.5) is 0 Å². The molecule has 106 valence electrons. The van der Waals surface area contributed by atoms with Gasteiger partial charge in [-0.15, -0.1) is 0 Å². The fourth-order valence-electron chi connectivity index (χ4n) is 2.03. The first-order valence-corrected chi connectivity index (χ1v) is 6.73. The summed E-state index contributed by atoms with van der Waals surface area (Å²) in [5.41, 5.74) is 7.89. The SMILES string of the molecule is CCCNC(=O)C(CN)Cc1ccc(OC)c(C)c1. The summed E-state index contributed by atoms with van der Waals surface area (Å²) < 4.78 is 5.23. The number of hydrogen-bond acceptors (Lipinski definition) is 3. The lowest BCUT2D eigenvalue weighted by Crippen LogP contribution is -2.36. The van der Waals surface area contributed by atoms with Crippen LogP contribution in [-0.4, -0.2) is 26.1 Å². The number of hydrogen-bond donors (Lipinski definition) is 2. The molecule has 4 nitrogen and oxygen atoms in total. The van der Waals surface area contributed by atoms with Crippen LogP contribution in [0, 0.1) is 12.8 Å². The summed E-state index contributed by atoms with van der Waals surface area (Å²) in [4.78, 5) is 11.9. The first-order valence-electron chi connectivity index (χ1n) is 6.73. The van der Waals surface area contributed by atoms with Gasteiger partial charge in [0.15, 0.2) is 0 Å². The van der Waals surface area contributed by atoms with Crippen LogP contribution in [0.15, 0.2) is 18.2 Å². The first-order chi connectivity index (χ1) is 9.12. The Bertz CT molecular complexity index is 419. The first kappa shape index (κ1) is 15.5. The van der Waals surface area contributed by atoms with Gasteiger partial charge in [0.2, 0.25) is 5.91 Å². The molecule has 0 saturated heterocycles. The number of nitrogens with one attached hydrogen (secondary N) is 1. The molecule has 1 aromatic carbocycles. The predicted octanol–water partition coefficient (Wildman–Crippen LogP) is 1.65. The highest BCUT2D eigenvalue weighted by Crippen LogP contribution is 2.20. The fraction of sp³-hybridized carbons (Fsp3) is 0.533. The van der Waals surface area contributed by atoms with Gasteiger partial charge in [0, 0.05) is 13.1 Å². The smallest absolute Gasteiger partial charge is 0.224 e. The van der Waals surface area contributed by atoms with Crippen LogP contribution in [0.2, 0.25) is 0 Å². The molecule has 0 radical (unpaired) electrons. The molecule has 0 saturated carbocycles. The van der Waals surface area contributed by atoms with Crippen molar-refractivity contribution in [2.75, 3.05) is 20.2 Å². The lowest BCUT2D eigenvalue weighted by atomic mass is 9.97. The number of rotatable bonds is 7. The van der Waals surface area contributed by atoms with Crippen LogP contribution in [-0.2, 0) is 11.2 Å². The van der Waals surface area contributed by atoms with Gasteiger partial charge in [-0.3, -0.25) is 4.79 Å². The molecule has 1 unspecified atom stereocenters. The predicted molar refractivity (Wildman–Crippen MR) is 77.3 cm³/mol. The Balaban J connectivity index is 2.70. The quantitative estimate of drug-likeness (QED) is 0.787. The van der Waals surface area contributed by atoms with Crippen LogP contribution in [0.25, 0.3) is 0 Å². The van der Waals surface area contributed by atoms with Gasteiger partial charge in [-0.05, 0) is 37.0 Å². The second-order valence-corrected chi connectivity index (χ2v) is 4.73. The van der Waals surface area contributed by atoms with E-state index in [1.807, 2.05) is 26.0 Å². The van der Waals surface area contributed by atoms with Crippen molar-refractivity contribution >= 4 is 5.91 Å². The van der Waals surface area contributed by atoms with Crippen LogP contribution < -0.4 is 15.8 Å². The Morgan fingerprint density at radius 1 is 1.47 bits per heavy atom. The summed E-state index contributed by atoms with van der Waals surface area (Å²) >= 11 is 0. The molecule has 4 heteroatoms. The molecule has 19 heavy (non-hydrogen) atoms. The third-order valence-electron chi connectivity index (χ3n) is 3.15. The zero-order chi connectivity index (χ0) is 14.3. The van der Waals surface area contributed by atoms with Crippen LogP contribution in [0.3, 0.4) is 0 Å². The molecule has 1 amide bonds. The van der Waals surface area contributed by atoms with Crippen molar-refractivity contribution in [3.8, 4) is 5.75 Å². The number of amides is 1. The Kier molecular flexibility index (Phi) is 6.36. The van der Waals surface area contributed by atoms with E-state index in [1.54, 1.807) is 7.11 Å². The van der Waals surface area contributed by atoms with Gasteiger partial charge in [-0.2, -0.15) is 0 Å². The van der Waals surface area contributed by atoms with Crippen LogP contribution >= 0.6 is 0 Å². The maximum atomic E-state index is 11.9. The molecule has 0 heterocycles. The van der Waals surface area contributed by atoms with Gasteiger partial charge < -0.3 is 15.8 Å². The molecule has 0 aliphatic carbocycles. The molecule has 1 aromatic rings. The zero-order valence-corrected chi connectivity index (χ0v) is 12.0. The van der Waals surface area contributed by atoms with E-state index in [1.165, 1.54) is 0 Å². The molecule has 0 spiro atoms. The third kappa shape index (κ3) is 4.56. The van der Waals surface area contributed by atoms with E-state index < -0.39 is 0 Å². The highest BCUT2D eigenvalue weighted by atomic mass is 16.5. The molecule has 0 fully saturated rings. The highest BCUT2D eigenvalue weighted by molar-refractivity contribution is 5.79. The van der Waals surface area contributed by atoms with Crippen molar-refractivity contribution in [3.63, 3.8) is 0 Å². The molecule has 0 aliphatic heterocycles. The number of methoxy groups -OCH3 is 1. The lowest BCUT2D eigenvalue weighted by Gasteiger charge is -2.15. The number of benzene rings is 1. The van der Waals surface area contributed by atoms with Crippen LogP contribution in [0.1, 0.15) is 24.5 Å². The minimum absolute atomic E-state index is 0.0396. The van der Waals surface area contributed by atoms with Crippen molar-refractivity contribution in [2.45, 2.75) is 26.7 Å². The van der Waals surface area contributed by atoms with E-state index in [0.29, 0.717) is 19.5 Å². The molecule has 0 bridgehead atoms. The Labute approximate surface area is 115 Å². The lowest BCUT2D eigenvalue weighted by molar-refractivity contribution is -0.124. The molecule has 0 aromatic heterocycles. The van der Waals surface area contributed by atoms with E-state index in [-0.39, 0.29) is 11.8 Å². The van der Waals surface area contributed by atoms with E-state index in [0.717, 1.165) is 23.3 Å². The molecular formula is C15H24N2O2. The summed E-state index contributed by atoms with van der Waals surface area (Å²) in [6.07, 6.45) is 1.60. The van der Waals surface area contributed by atoms with Crippen molar-refractivity contribution in [1.82, 2.24) is 5.32 Å². The summed E-state index contributed by atoms with van der Waals surface area (Å²) in [5.74, 6) is 0.737. The topological polar surface area (TPSA) is 64.4 Å². The van der Waals surface area contributed by atoms with Crippen molar-refractivity contribution in [2.24, 2.45) is 11.7 Å². The molecule has 0 aliphatic rings. The van der Waals surface area contributed by atoms with Gasteiger partial charge in [0.1, 0.15) is 5.75 Å². The van der Waals surface area contributed by atoms with Gasteiger partial charge in [0.25, 0.3) is 0 Å². The minimum Gasteiger partial charge on any atom is -0.496 e. The van der Waals surface area contributed by atoms with Crippen molar-refractivity contribution < 1.29 is 9.53 Å². The molecular weight excluding hydrogens is 240 g/mol. The summed E-state index contributed by atoms with van der Waals surface area (Å²) in [5, 5.41) is 2.90. The highest BCUT2D eigenvalue weighted by Gasteiger charge is 2.17. The van der Waals surface area contributed by atoms with Crippen molar-refractivity contribution in [1.29, 1.82) is 0 Å². The van der Waals surface area contributed by atoms with E-state index >= 15 is 0 Å².